The molecule has 1 aromatic carbocycles. The molecule has 5 nitrogen and oxygen atoms in total. The molecule has 112 valence electrons. The molecule has 1 amide bonds. The van der Waals surface area contributed by atoms with Crippen molar-refractivity contribution < 1.29 is 18.7 Å². The molecule has 0 aliphatic carbocycles. The Morgan fingerprint density at radius 2 is 2.10 bits per heavy atom. The van der Waals surface area contributed by atoms with Crippen LogP contribution in [0.2, 0.25) is 0 Å². The SMILES string of the molecule is COCCOCC(=O)N(CCCN)c1ccccc1F. The Bertz CT molecular complexity index is 415. The van der Waals surface area contributed by atoms with E-state index in [1.165, 1.54) is 11.0 Å². The molecule has 0 saturated carbocycles. The van der Waals surface area contributed by atoms with Crippen LogP contribution in [0.4, 0.5) is 10.1 Å². The largest absolute Gasteiger partial charge is 0.382 e. The number of ether oxygens (including phenoxy) is 2. The van der Waals surface area contributed by atoms with E-state index in [-0.39, 0.29) is 18.2 Å². The van der Waals surface area contributed by atoms with E-state index in [1.807, 2.05) is 0 Å². The lowest BCUT2D eigenvalue weighted by Crippen LogP contribution is -2.36. The van der Waals surface area contributed by atoms with E-state index in [4.69, 9.17) is 15.2 Å². The molecular weight excluding hydrogens is 263 g/mol. The molecule has 1 rings (SSSR count). The second-order valence-electron chi connectivity index (χ2n) is 4.18. The van der Waals surface area contributed by atoms with Crippen LogP contribution in [0.25, 0.3) is 0 Å². The highest BCUT2D eigenvalue weighted by atomic mass is 19.1. The Morgan fingerprint density at radius 3 is 2.75 bits per heavy atom. The number of hydrogen-bond acceptors (Lipinski definition) is 4. The third-order valence-electron chi connectivity index (χ3n) is 2.69. The normalized spacial score (nSPS) is 10.6. The number of hydrogen-bond donors (Lipinski definition) is 1. The van der Waals surface area contributed by atoms with Crippen molar-refractivity contribution in [2.75, 3.05) is 44.9 Å². The van der Waals surface area contributed by atoms with Crippen molar-refractivity contribution in [1.29, 1.82) is 0 Å². The first kappa shape index (κ1) is 16.6. The fraction of sp³-hybridized carbons (Fsp3) is 0.500. The number of rotatable bonds is 9. The lowest BCUT2D eigenvalue weighted by Gasteiger charge is -2.23. The van der Waals surface area contributed by atoms with E-state index in [9.17, 15) is 9.18 Å². The van der Waals surface area contributed by atoms with Crippen molar-refractivity contribution in [3.8, 4) is 0 Å². The molecule has 0 fully saturated rings. The summed E-state index contributed by atoms with van der Waals surface area (Å²) in [5.74, 6) is -0.727. The predicted octanol–water partition coefficient (Wildman–Crippen LogP) is 1.17. The van der Waals surface area contributed by atoms with Gasteiger partial charge in [-0.2, -0.15) is 0 Å². The van der Waals surface area contributed by atoms with Gasteiger partial charge in [-0.1, -0.05) is 12.1 Å². The first-order valence-corrected chi connectivity index (χ1v) is 6.52. The smallest absolute Gasteiger partial charge is 0.253 e. The van der Waals surface area contributed by atoms with Crippen LogP contribution < -0.4 is 10.6 Å². The molecule has 0 heterocycles. The predicted molar refractivity (Wildman–Crippen MR) is 75.1 cm³/mol. The lowest BCUT2D eigenvalue weighted by molar-refractivity contribution is -0.123. The van der Waals surface area contributed by atoms with E-state index in [1.54, 1.807) is 25.3 Å². The topological polar surface area (TPSA) is 64.8 Å². The summed E-state index contributed by atoms with van der Waals surface area (Å²) >= 11 is 0. The van der Waals surface area contributed by atoms with Crippen molar-refractivity contribution in [2.24, 2.45) is 5.73 Å². The van der Waals surface area contributed by atoms with Crippen molar-refractivity contribution >= 4 is 11.6 Å². The zero-order valence-electron chi connectivity index (χ0n) is 11.7. The number of anilines is 1. The van der Waals surface area contributed by atoms with Crippen LogP contribution in [-0.2, 0) is 14.3 Å². The van der Waals surface area contributed by atoms with Gasteiger partial charge in [-0.05, 0) is 25.1 Å². The van der Waals surface area contributed by atoms with Crippen LogP contribution in [0.1, 0.15) is 6.42 Å². The van der Waals surface area contributed by atoms with Crippen LogP contribution in [0.15, 0.2) is 24.3 Å². The van der Waals surface area contributed by atoms with E-state index >= 15 is 0 Å². The van der Waals surface area contributed by atoms with Gasteiger partial charge >= 0.3 is 0 Å². The molecule has 0 bridgehead atoms. The van der Waals surface area contributed by atoms with Crippen molar-refractivity contribution in [3.05, 3.63) is 30.1 Å². The highest BCUT2D eigenvalue weighted by Crippen LogP contribution is 2.19. The minimum atomic E-state index is -0.435. The average molecular weight is 284 g/mol. The fourth-order valence-electron chi connectivity index (χ4n) is 1.68. The van der Waals surface area contributed by atoms with Gasteiger partial charge in [-0.3, -0.25) is 4.79 Å². The number of nitrogens with two attached hydrogens (primary N) is 1. The summed E-state index contributed by atoms with van der Waals surface area (Å²) < 4.78 is 23.8. The van der Waals surface area contributed by atoms with Gasteiger partial charge in [0.1, 0.15) is 12.4 Å². The van der Waals surface area contributed by atoms with Gasteiger partial charge in [0.15, 0.2) is 0 Å². The zero-order valence-corrected chi connectivity index (χ0v) is 11.7. The Kier molecular flexibility index (Phi) is 7.79. The van der Waals surface area contributed by atoms with Gasteiger partial charge in [0.2, 0.25) is 0 Å². The molecule has 0 saturated heterocycles. The average Bonchev–Trinajstić information content (AvgIpc) is 2.46. The molecule has 2 N–H and O–H groups in total. The maximum atomic E-state index is 13.8. The summed E-state index contributed by atoms with van der Waals surface area (Å²) in [5, 5.41) is 0. The van der Waals surface area contributed by atoms with Gasteiger partial charge in [0, 0.05) is 13.7 Å². The first-order valence-electron chi connectivity index (χ1n) is 6.52. The van der Waals surface area contributed by atoms with Gasteiger partial charge in [-0.15, -0.1) is 0 Å². The van der Waals surface area contributed by atoms with Crippen molar-refractivity contribution in [1.82, 2.24) is 0 Å². The van der Waals surface area contributed by atoms with Crippen molar-refractivity contribution in [2.45, 2.75) is 6.42 Å². The van der Waals surface area contributed by atoms with Gasteiger partial charge in [-0.25, -0.2) is 4.39 Å². The summed E-state index contributed by atoms with van der Waals surface area (Å²) in [6.45, 7) is 1.43. The molecule has 0 aliphatic rings. The molecule has 0 aliphatic heterocycles. The minimum absolute atomic E-state index is 0.109. The second kappa shape index (κ2) is 9.41. The number of amides is 1. The van der Waals surface area contributed by atoms with E-state index < -0.39 is 5.82 Å². The molecule has 0 radical (unpaired) electrons. The molecule has 0 unspecified atom stereocenters. The molecule has 0 aromatic heterocycles. The third kappa shape index (κ3) is 5.24. The summed E-state index contributed by atoms with van der Waals surface area (Å²) in [7, 11) is 1.55. The molecular formula is C14H21FN2O3. The third-order valence-corrected chi connectivity index (χ3v) is 2.69. The Morgan fingerprint density at radius 1 is 1.35 bits per heavy atom. The summed E-state index contributed by atoms with van der Waals surface area (Å²) in [5.41, 5.74) is 5.70. The lowest BCUT2D eigenvalue weighted by atomic mass is 10.2. The second-order valence-corrected chi connectivity index (χ2v) is 4.18. The van der Waals surface area contributed by atoms with Crippen LogP contribution in [0, 0.1) is 5.82 Å². The molecule has 6 heteroatoms. The van der Waals surface area contributed by atoms with Gasteiger partial charge in [0.05, 0.1) is 18.9 Å². The number of nitrogens with zero attached hydrogens (tertiary/aromatic N) is 1. The Hall–Kier alpha value is -1.50. The van der Waals surface area contributed by atoms with Crippen LogP contribution in [-0.4, -0.2) is 45.9 Å². The molecule has 1 aromatic rings. The van der Waals surface area contributed by atoms with Crippen LogP contribution in [0.3, 0.4) is 0 Å². The first-order chi connectivity index (χ1) is 9.70. The zero-order chi connectivity index (χ0) is 14.8. The van der Waals surface area contributed by atoms with E-state index in [0.29, 0.717) is 32.7 Å². The van der Waals surface area contributed by atoms with Crippen LogP contribution >= 0.6 is 0 Å². The number of carbonyl (C=O) groups excluding carboxylic acids is 1. The Balaban J connectivity index is 2.68. The highest BCUT2D eigenvalue weighted by Gasteiger charge is 2.18. The van der Waals surface area contributed by atoms with Gasteiger partial charge in [0.25, 0.3) is 5.91 Å². The summed E-state index contributed by atoms with van der Waals surface area (Å²) in [6.07, 6.45) is 0.595. The number of methoxy groups -OCH3 is 1. The summed E-state index contributed by atoms with van der Waals surface area (Å²) in [4.78, 5) is 13.5. The number of benzene rings is 1. The summed E-state index contributed by atoms with van der Waals surface area (Å²) in [6, 6.07) is 6.16. The Labute approximate surface area is 118 Å². The van der Waals surface area contributed by atoms with Gasteiger partial charge < -0.3 is 20.1 Å². The molecule has 20 heavy (non-hydrogen) atoms. The highest BCUT2D eigenvalue weighted by molar-refractivity contribution is 5.94. The maximum absolute atomic E-state index is 13.8. The minimum Gasteiger partial charge on any atom is -0.382 e. The molecule has 0 atom stereocenters. The van der Waals surface area contributed by atoms with E-state index in [2.05, 4.69) is 0 Å². The number of halogens is 1. The fourth-order valence-corrected chi connectivity index (χ4v) is 1.68. The quantitative estimate of drug-likeness (QED) is 0.691. The number of carbonyl (C=O) groups is 1. The van der Waals surface area contributed by atoms with E-state index in [0.717, 1.165) is 0 Å². The molecule has 0 spiro atoms. The monoisotopic (exact) mass is 284 g/mol. The standard InChI is InChI=1S/C14H21FN2O3/c1-19-9-10-20-11-14(18)17(8-4-7-16)13-6-3-2-5-12(13)15/h2-3,5-6H,4,7-11,16H2,1H3. The maximum Gasteiger partial charge on any atom is 0.253 e. The van der Waals surface area contributed by atoms with Crippen molar-refractivity contribution in [3.63, 3.8) is 0 Å². The van der Waals surface area contributed by atoms with Crippen LogP contribution in [0.5, 0.6) is 0 Å². The number of para-hydroxylation sites is 1.